The number of nitrogens with one attached hydrogen (secondary N) is 2. The Hall–Kier alpha value is -2.82. The highest BCUT2D eigenvalue weighted by atomic mass is 127. The summed E-state index contributed by atoms with van der Waals surface area (Å²) in [6, 6.07) is 13.8. The quantitative estimate of drug-likeness (QED) is 0.147. The number of benzene rings is 1. The van der Waals surface area contributed by atoms with Crippen LogP contribution in [0, 0.1) is 0 Å². The zero-order valence-electron chi connectivity index (χ0n) is 18.5. The van der Waals surface area contributed by atoms with Crippen LogP contribution in [0.1, 0.15) is 37.9 Å². The molecule has 8 nitrogen and oxygen atoms in total. The minimum absolute atomic E-state index is 0. The highest BCUT2D eigenvalue weighted by Crippen LogP contribution is 2.31. The molecule has 0 radical (unpaired) electrons. The molecule has 0 saturated carbocycles. The summed E-state index contributed by atoms with van der Waals surface area (Å²) in [5, 5.41) is 16.2. The molecular formula is C23H29IN6O2. The molecule has 1 atom stereocenters. The van der Waals surface area contributed by atoms with Crippen LogP contribution in [0.4, 0.5) is 0 Å². The second-order valence-corrected chi connectivity index (χ2v) is 7.27. The van der Waals surface area contributed by atoms with E-state index in [0.717, 1.165) is 59.3 Å². The molecule has 0 bridgehead atoms. The van der Waals surface area contributed by atoms with Crippen molar-refractivity contribution < 1.29 is 9.15 Å². The van der Waals surface area contributed by atoms with Gasteiger partial charge in [0.1, 0.15) is 11.6 Å². The van der Waals surface area contributed by atoms with Crippen LogP contribution in [-0.4, -0.2) is 40.8 Å². The Kier molecular flexibility index (Phi) is 8.32. The first-order valence-electron chi connectivity index (χ1n) is 10.6. The predicted octanol–water partition coefficient (Wildman–Crippen LogP) is 4.35. The van der Waals surface area contributed by atoms with E-state index in [1.165, 1.54) is 0 Å². The van der Waals surface area contributed by atoms with E-state index in [1.54, 1.807) is 7.05 Å². The van der Waals surface area contributed by atoms with Crippen molar-refractivity contribution in [3.8, 4) is 5.75 Å². The fraction of sp³-hybridized carbons (Fsp3) is 0.348. The summed E-state index contributed by atoms with van der Waals surface area (Å²) < 4.78 is 13.8. The van der Waals surface area contributed by atoms with Gasteiger partial charge in [-0.1, -0.05) is 18.2 Å². The van der Waals surface area contributed by atoms with E-state index in [-0.39, 0.29) is 30.0 Å². The van der Waals surface area contributed by atoms with Crippen molar-refractivity contribution in [1.29, 1.82) is 0 Å². The summed E-state index contributed by atoms with van der Waals surface area (Å²) in [6.07, 6.45) is 3.73. The molecule has 0 spiro atoms. The van der Waals surface area contributed by atoms with Gasteiger partial charge in [0.15, 0.2) is 22.9 Å². The highest BCUT2D eigenvalue weighted by Gasteiger charge is 2.15. The third-order valence-corrected chi connectivity index (χ3v) is 5.08. The van der Waals surface area contributed by atoms with Gasteiger partial charge in [0.05, 0.1) is 12.6 Å². The Bertz CT molecular complexity index is 1190. The van der Waals surface area contributed by atoms with E-state index in [0.29, 0.717) is 6.61 Å². The maximum Gasteiger partial charge on any atom is 0.191 e. The van der Waals surface area contributed by atoms with Crippen molar-refractivity contribution in [2.24, 2.45) is 4.99 Å². The number of furan rings is 1. The number of ether oxygens (including phenoxy) is 1. The molecule has 0 amide bonds. The fourth-order valence-corrected chi connectivity index (χ4v) is 3.52. The van der Waals surface area contributed by atoms with Gasteiger partial charge >= 0.3 is 0 Å². The average molecular weight is 548 g/mol. The van der Waals surface area contributed by atoms with Gasteiger partial charge in [-0.05, 0) is 44.5 Å². The maximum absolute atomic E-state index is 6.09. The van der Waals surface area contributed by atoms with Crippen LogP contribution in [-0.2, 0) is 6.42 Å². The lowest BCUT2D eigenvalue weighted by molar-refractivity contribution is 0.336. The van der Waals surface area contributed by atoms with E-state index < -0.39 is 0 Å². The molecule has 1 unspecified atom stereocenters. The molecule has 9 heteroatoms. The minimum atomic E-state index is -0.0477. The van der Waals surface area contributed by atoms with Gasteiger partial charge in [-0.25, -0.2) is 0 Å². The Balaban J connectivity index is 0.00000289. The summed E-state index contributed by atoms with van der Waals surface area (Å²) in [6.45, 7) is 5.38. The molecule has 4 aromatic rings. The standard InChI is InChI=1S/C23H28N6O2.HI/c1-4-30-18-10-7-9-17-15-19(31-22(17)18)16(2)26-23(24-3)25-13-8-12-21-28-27-20-11-5-6-14-29(20)21;/h5-7,9-11,14-16H,4,8,12-13H2,1-3H3,(H2,24,25,26);1H. The molecule has 0 aliphatic rings. The highest BCUT2D eigenvalue weighted by molar-refractivity contribution is 14.0. The number of hydrogen-bond acceptors (Lipinski definition) is 5. The van der Waals surface area contributed by atoms with E-state index in [2.05, 4.69) is 25.8 Å². The fourth-order valence-electron chi connectivity index (χ4n) is 3.52. The van der Waals surface area contributed by atoms with Crippen LogP contribution in [0.3, 0.4) is 0 Å². The molecule has 170 valence electrons. The van der Waals surface area contributed by atoms with E-state index in [1.807, 2.05) is 66.9 Å². The summed E-state index contributed by atoms with van der Waals surface area (Å²) in [5.41, 5.74) is 1.64. The van der Waals surface area contributed by atoms with Gasteiger partial charge in [0, 0.05) is 31.6 Å². The molecule has 2 N–H and O–H groups in total. The monoisotopic (exact) mass is 548 g/mol. The van der Waals surface area contributed by atoms with Crippen LogP contribution < -0.4 is 15.4 Å². The van der Waals surface area contributed by atoms with Gasteiger partial charge in [-0.3, -0.25) is 9.39 Å². The second kappa shape index (κ2) is 11.2. The van der Waals surface area contributed by atoms with Crippen molar-refractivity contribution >= 4 is 46.6 Å². The Morgan fingerprint density at radius 1 is 1.22 bits per heavy atom. The summed E-state index contributed by atoms with van der Waals surface area (Å²) in [7, 11) is 1.76. The number of aliphatic imine (C=N–C) groups is 1. The number of aryl methyl sites for hydroxylation is 1. The largest absolute Gasteiger partial charge is 0.490 e. The molecule has 32 heavy (non-hydrogen) atoms. The van der Waals surface area contributed by atoms with Crippen molar-refractivity contribution in [3.63, 3.8) is 0 Å². The molecule has 3 heterocycles. The Morgan fingerprint density at radius 3 is 2.91 bits per heavy atom. The Labute approximate surface area is 204 Å². The number of guanidine groups is 1. The molecule has 0 aliphatic heterocycles. The molecule has 3 aromatic heterocycles. The smallest absolute Gasteiger partial charge is 0.191 e. The number of rotatable bonds is 8. The number of halogens is 1. The minimum Gasteiger partial charge on any atom is -0.490 e. The van der Waals surface area contributed by atoms with Crippen LogP contribution in [0.2, 0.25) is 0 Å². The lowest BCUT2D eigenvalue weighted by Gasteiger charge is -2.16. The lowest BCUT2D eigenvalue weighted by Crippen LogP contribution is -2.39. The summed E-state index contributed by atoms with van der Waals surface area (Å²) >= 11 is 0. The third kappa shape index (κ3) is 5.32. The van der Waals surface area contributed by atoms with E-state index >= 15 is 0 Å². The van der Waals surface area contributed by atoms with Crippen molar-refractivity contribution in [1.82, 2.24) is 25.2 Å². The number of aromatic nitrogens is 3. The van der Waals surface area contributed by atoms with Crippen molar-refractivity contribution in [3.05, 3.63) is 60.2 Å². The SMILES string of the molecule is CCOc1cccc2cc(C(C)NC(=NC)NCCCc3nnc4ccccn34)oc12.I. The second-order valence-electron chi connectivity index (χ2n) is 7.27. The third-order valence-electron chi connectivity index (χ3n) is 5.08. The summed E-state index contributed by atoms with van der Waals surface area (Å²) in [5.74, 6) is 3.28. The summed E-state index contributed by atoms with van der Waals surface area (Å²) in [4.78, 5) is 4.33. The van der Waals surface area contributed by atoms with Crippen LogP contribution >= 0.6 is 24.0 Å². The topological polar surface area (TPSA) is 89.0 Å². The number of pyridine rings is 1. The zero-order valence-corrected chi connectivity index (χ0v) is 20.9. The molecule has 4 rings (SSSR count). The van der Waals surface area contributed by atoms with Gasteiger partial charge < -0.3 is 19.8 Å². The van der Waals surface area contributed by atoms with Crippen LogP contribution in [0.5, 0.6) is 5.75 Å². The number of hydrogen-bond donors (Lipinski definition) is 2. The van der Waals surface area contributed by atoms with Gasteiger partial charge in [0.2, 0.25) is 0 Å². The molecule has 1 aromatic carbocycles. The number of fused-ring (bicyclic) bond motifs is 2. The number of nitrogens with zero attached hydrogens (tertiary/aromatic N) is 4. The average Bonchev–Trinajstić information content (AvgIpc) is 3.41. The number of para-hydroxylation sites is 1. The zero-order chi connectivity index (χ0) is 21.6. The van der Waals surface area contributed by atoms with Crippen molar-refractivity contribution in [2.75, 3.05) is 20.2 Å². The first-order chi connectivity index (χ1) is 15.2. The van der Waals surface area contributed by atoms with Crippen LogP contribution in [0.15, 0.2) is 58.1 Å². The first-order valence-corrected chi connectivity index (χ1v) is 10.6. The molecular weight excluding hydrogens is 519 g/mol. The van der Waals surface area contributed by atoms with Gasteiger partial charge in [-0.2, -0.15) is 0 Å². The van der Waals surface area contributed by atoms with E-state index in [4.69, 9.17) is 9.15 Å². The van der Waals surface area contributed by atoms with Crippen LogP contribution in [0.25, 0.3) is 16.6 Å². The predicted molar refractivity (Wildman–Crippen MR) is 137 cm³/mol. The van der Waals surface area contributed by atoms with Gasteiger partial charge in [-0.15, -0.1) is 34.2 Å². The normalized spacial score (nSPS) is 12.5. The maximum atomic E-state index is 6.09. The molecule has 0 fully saturated rings. The van der Waals surface area contributed by atoms with Crippen molar-refractivity contribution in [2.45, 2.75) is 32.7 Å². The molecule has 0 aliphatic carbocycles. The lowest BCUT2D eigenvalue weighted by atomic mass is 10.2. The van der Waals surface area contributed by atoms with E-state index in [9.17, 15) is 0 Å². The first kappa shape index (κ1) is 23.8. The Morgan fingerprint density at radius 2 is 2.09 bits per heavy atom. The molecule has 0 saturated heterocycles. The van der Waals surface area contributed by atoms with Gasteiger partial charge in [0.25, 0.3) is 0 Å².